The molecule has 142 valence electrons. The number of hydrogen-bond donors (Lipinski definition) is 1. The van der Waals surface area contributed by atoms with E-state index < -0.39 is 0 Å². The van der Waals surface area contributed by atoms with E-state index in [9.17, 15) is 0 Å². The number of nitrogens with zero attached hydrogens (tertiary/aromatic N) is 4. The molecule has 4 rings (SSSR count). The van der Waals surface area contributed by atoms with Gasteiger partial charge in [0.05, 0.1) is 5.39 Å². The van der Waals surface area contributed by atoms with Crippen LogP contribution < -0.4 is 10.1 Å². The number of piperazine rings is 1. The molecule has 1 aliphatic rings. The summed E-state index contributed by atoms with van der Waals surface area (Å²) in [5.41, 5.74) is 4.61. The third kappa shape index (κ3) is 3.82. The van der Waals surface area contributed by atoms with Crippen molar-refractivity contribution >= 4 is 11.0 Å². The number of nitrogens with one attached hydrogen (secondary N) is 1. The first-order valence-electron chi connectivity index (χ1n) is 9.64. The van der Waals surface area contributed by atoms with E-state index in [-0.39, 0.29) is 0 Å². The zero-order chi connectivity index (χ0) is 18.6. The van der Waals surface area contributed by atoms with Crippen LogP contribution in [0, 0.1) is 13.8 Å². The predicted octanol–water partition coefficient (Wildman–Crippen LogP) is 2.38. The van der Waals surface area contributed by atoms with E-state index >= 15 is 0 Å². The lowest BCUT2D eigenvalue weighted by Crippen LogP contribution is -2.44. The minimum Gasteiger partial charge on any atom is -0.476 e. The van der Waals surface area contributed by atoms with Crippen LogP contribution in [0.5, 0.6) is 5.88 Å². The SMILES string of the molecule is Cc1c(C)n(Cc2ccccc2)c2ncnc(OCCN3CCNCC3)c12. The van der Waals surface area contributed by atoms with E-state index in [1.54, 1.807) is 6.33 Å². The fraction of sp³-hybridized carbons (Fsp3) is 0.429. The number of ether oxygens (including phenoxy) is 1. The number of rotatable bonds is 6. The lowest BCUT2D eigenvalue weighted by Gasteiger charge is -2.26. The molecule has 0 bridgehead atoms. The normalized spacial score (nSPS) is 15.3. The van der Waals surface area contributed by atoms with Gasteiger partial charge in [-0.3, -0.25) is 4.90 Å². The van der Waals surface area contributed by atoms with Crippen LogP contribution in [0.2, 0.25) is 0 Å². The van der Waals surface area contributed by atoms with E-state index in [2.05, 4.69) is 62.9 Å². The maximum absolute atomic E-state index is 6.09. The third-order valence-corrected chi connectivity index (χ3v) is 5.41. The van der Waals surface area contributed by atoms with Crippen molar-refractivity contribution in [2.45, 2.75) is 20.4 Å². The maximum atomic E-state index is 6.09. The van der Waals surface area contributed by atoms with E-state index in [0.29, 0.717) is 12.5 Å². The molecule has 6 heteroatoms. The van der Waals surface area contributed by atoms with Gasteiger partial charge in [0, 0.05) is 45.0 Å². The van der Waals surface area contributed by atoms with Crippen molar-refractivity contribution < 1.29 is 4.74 Å². The molecular weight excluding hydrogens is 338 g/mol. The first-order chi connectivity index (χ1) is 13.2. The molecule has 1 aliphatic heterocycles. The highest BCUT2D eigenvalue weighted by molar-refractivity contribution is 5.86. The van der Waals surface area contributed by atoms with Crippen molar-refractivity contribution in [2.24, 2.45) is 0 Å². The Morgan fingerprint density at radius 1 is 1.07 bits per heavy atom. The average Bonchev–Trinajstić information content (AvgIpc) is 2.95. The van der Waals surface area contributed by atoms with Gasteiger partial charge in [-0.2, -0.15) is 0 Å². The molecule has 0 aliphatic carbocycles. The molecule has 2 aromatic heterocycles. The second-order valence-corrected chi connectivity index (χ2v) is 7.10. The minimum absolute atomic E-state index is 0.647. The Bertz CT molecular complexity index is 900. The second-order valence-electron chi connectivity index (χ2n) is 7.10. The monoisotopic (exact) mass is 365 g/mol. The van der Waals surface area contributed by atoms with Crippen molar-refractivity contribution in [2.75, 3.05) is 39.3 Å². The van der Waals surface area contributed by atoms with Crippen molar-refractivity contribution in [1.29, 1.82) is 0 Å². The van der Waals surface area contributed by atoms with Gasteiger partial charge in [-0.25, -0.2) is 9.97 Å². The van der Waals surface area contributed by atoms with E-state index in [0.717, 1.165) is 50.3 Å². The molecule has 0 radical (unpaired) electrons. The van der Waals surface area contributed by atoms with Gasteiger partial charge >= 0.3 is 0 Å². The van der Waals surface area contributed by atoms with Gasteiger partial charge in [0.15, 0.2) is 0 Å². The van der Waals surface area contributed by atoms with E-state index in [4.69, 9.17) is 4.74 Å². The zero-order valence-corrected chi connectivity index (χ0v) is 16.1. The Hall–Kier alpha value is -2.44. The molecule has 1 N–H and O–H groups in total. The molecule has 1 fully saturated rings. The van der Waals surface area contributed by atoms with Crippen molar-refractivity contribution in [1.82, 2.24) is 24.8 Å². The molecule has 0 spiro atoms. The van der Waals surface area contributed by atoms with Crippen LogP contribution in [0.25, 0.3) is 11.0 Å². The molecule has 0 saturated carbocycles. The highest BCUT2D eigenvalue weighted by Gasteiger charge is 2.18. The molecule has 6 nitrogen and oxygen atoms in total. The molecule has 1 aromatic carbocycles. The molecule has 0 unspecified atom stereocenters. The Morgan fingerprint density at radius 3 is 2.63 bits per heavy atom. The quantitative estimate of drug-likeness (QED) is 0.727. The highest BCUT2D eigenvalue weighted by atomic mass is 16.5. The van der Waals surface area contributed by atoms with Gasteiger partial charge < -0.3 is 14.6 Å². The number of benzene rings is 1. The number of aryl methyl sites for hydroxylation is 1. The van der Waals surface area contributed by atoms with Crippen LogP contribution in [0.15, 0.2) is 36.7 Å². The summed E-state index contributed by atoms with van der Waals surface area (Å²) >= 11 is 0. The molecular formula is C21H27N5O. The molecule has 3 heterocycles. The summed E-state index contributed by atoms with van der Waals surface area (Å²) in [6.07, 6.45) is 1.61. The lowest BCUT2D eigenvalue weighted by atomic mass is 10.2. The van der Waals surface area contributed by atoms with Crippen molar-refractivity contribution in [3.8, 4) is 5.88 Å². The minimum atomic E-state index is 0.647. The Balaban J connectivity index is 1.56. The molecule has 27 heavy (non-hydrogen) atoms. The van der Waals surface area contributed by atoms with Gasteiger partial charge in [0.1, 0.15) is 18.6 Å². The zero-order valence-electron chi connectivity index (χ0n) is 16.1. The van der Waals surface area contributed by atoms with Crippen molar-refractivity contribution in [3.05, 3.63) is 53.5 Å². The summed E-state index contributed by atoms with van der Waals surface area (Å²) in [5, 5.41) is 4.41. The topological polar surface area (TPSA) is 55.2 Å². The lowest BCUT2D eigenvalue weighted by molar-refractivity contribution is 0.189. The fourth-order valence-corrected chi connectivity index (χ4v) is 3.71. The Kier molecular flexibility index (Phi) is 5.36. The summed E-state index contributed by atoms with van der Waals surface area (Å²) in [6, 6.07) is 10.5. The smallest absolute Gasteiger partial charge is 0.226 e. The van der Waals surface area contributed by atoms with Gasteiger partial charge in [-0.05, 0) is 25.0 Å². The van der Waals surface area contributed by atoms with Crippen LogP contribution in [0.4, 0.5) is 0 Å². The highest BCUT2D eigenvalue weighted by Crippen LogP contribution is 2.30. The first-order valence-corrected chi connectivity index (χ1v) is 9.64. The Labute approximate surface area is 160 Å². The summed E-state index contributed by atoms with van der Waals surface area (Å²) in [4.78, 5) is 11.4. The van der Waals surface area contributed by atoms with Crippen LogP contribution in [-0.4, -0.2) is 58.8 Å². The maximum Gasteiger partial charge on any atom is 0.226 e. The van der Waals surface area contributed by atoms with E-state index in [1.807, 2.05) is 6.07 Å². The van der Waals surface area contributed by atoms with Crippen LogP contribution in [-0.2, 0) is 6.54 Å². The number of aromatic nitrogens is 3. The van der Waals surface area contributed by atoms with Gasteiger partial charge in [-0.15, -0.1) is 0 Å². The van der Waals surface area contributed by atoms with Gasteiger partial charge in [0.25, 0.3) is 0 Å². The number of fused-ring (bicyclic) bond motifs is 1. The first kappa shape index (κ1) is 17.9. The molecule has 0 amide bonds. The van der Waals surface area contributed by atoms with E-state index in [1.165, 1.54) is 16.8 Å². The fourth-order valence-electron chi connectivity index (χ4n) is 3.71. The van der Waals surface area contributed by atoms with Gasteiger partial charge in [0.2, 0.25) is 5.88 Å². The van der Waals surface area contributed by atoms with Gasteiger partial charge in [-0.1, -0.05) is 30.3 Å². The largest absolute Gasteiger partial charge is 0.476 e. The van der Waals surface area contributed by atoms with Crippen LogP contribution in [0.3, 0.4) is 0 Å². The summed E-state index contributed by atoms with van der Waals surface area (Å²) < 4.78 is 8.35. The summed E-state index contributed by atoms with van der Waals surface area (Å²) in [7, 11) is 0. The average molecular weight is 365 g/mol. The second kappa shape index (κ2) is 8.06. The van der Waals surface area contributed by atoms with Crippen LogP contribution in [0.1, 0.15) is 16.8 Å². The number of hydrogen-bond acceptors (Lipinski definition) is 5. The molecule has 0 atom stereocenters. The third-order valence-electron chi connectivity index (χ3n) is 5.41. The molecule has 1 saturated heterocycles. The Morgan fingerprint density at radius 2 is 1.85 bits per heavy atom. The predicted molar refractivity (Wildman–Crippen MR) is 107 cm³/mol. The summed E-state index contributed by atoms with van der Waals surface area (Å²) in [5.74, 6) is 0.697. The van der Waals surface area contributed by atoms with Crippen LogP contribution >= 0.6 is 0 Å². The standard InChI is InChI=1S/C21H27N5O/c1-16-17(2)26(14-18-6-4-3-5-7-18)20-19(16)21(24-15-23-20)27-13-12-25-10-8-22-9-11-25/h3-7,15,22H,8-14H2,1-2H3. The summed E-state index contributed by atoms with van der Waals surface area (Å²) in [6.45, 7) is 10.9. The molecule has 3 aromatic rings. The van der Waals surface area contributed by atoms with Crippen molar-refractivity contribution in [3.63, 3.8) is 0 Å².